The zero-order chi connectivity index (χ0) is 20.7. The van der Waals surface area contributed by atoms with E-state index in [4.69, 9.17) is 14.2 Å². The first kappa shape index (κ1) is 21.7. The van der Waals surface area contributed by atoms with Crippen LogP contribution in [0.3, 0.4) is 0 Å². The Hall–Kier alpha value is -1.99. The summed E-state index contributed by atoms with van der Waals surface area (Å²) >= 11 is 0. The van der Waals surface area contributed by atoms with Gasteiger partial charge in [-0.15, -0.1) is 0 Å². The van der Waals surface area contributed by atoms with E-state index in [9.17, 15) is 4.79 Å². The number of anilines is 1. The highest BCUT2D eigenvalue weighted by Gasteiger charge is 2.31. The molecule has 1 aromatic rings. The van der Waals surface area contributed by atoms with Crippen LogP contribution in [0.25, 0.3) is 0 Å². The number of morpholine rings is 1. The smallest absolute Gasteiger partial charge is 0.319 e. The van der Waals surface area contributed by atoms with Gasteiger partial charge in [0.25, 0.3) is 0 Å². The quantitative estimate of drug-likeness (QED) is 0.691. The van der Waals surface area contributed by atoms with Crippen molar-refractivity contribution in [3.05, 3.63) is 18.2 Å². The van der Waals surface area contributed by atoms with Crippen LogP contribution in [0.15, 0.2) is 18.2 Å². The van der Waals surface area contributed by atoms with Gasteiger partial charge in [-0.2, -0.15) is 0 Å². The number of amides is 2. The van der Waals surface area contributed by atoms with Gasteiger partial charge in [0.2, 0.25) is 0 Å². The second-order valence-corrected chi connectivity index (χ2v) is 8.15. The molecule has 1 saturated heterocycles. The molecule has 7 heteroatoms. The minimum Gasteiger partial charge on any atom is -0.493 e. The van der Waals surface area contributed by atoms with Gasteiger partial charge in [0.05, 0.1) is 26.4 Å². The summed E-state index contributed by atoms with van der Waals surface area (Å²) in [5.41, 5.74) is 0.610. The van der Waals surface area contributed by atoms with Crippen LogP contribution in [-0.4, -0.2) is 62.5 Å². The Balaban J connectivity index is 1.57. The SMILES string of the molecule is CCC(C)(CNC(=O)Nc1ccc(OC)c(OC2CCCC2)c1)N1CCOCC1. The normalized spacial score (nSPS) is 20.1. The van der Waals surface area contributed by atoms with E-state index in [-0.39, 0.29) is 17.7 Å². The van der Waals surface area contributed by atoms with Gasteiger partial charge in [0, 0.05) is 36.9 Å². The molecule has 1 heterocycles. The summed E-state index contributed by atoms with van der Waals surface area (Å²) in [5.74, 6) is 1.37. The topological polar surface area (TPSA) is 72.1 Å². The predicted octanol–water partition coefficient (Wildman–Crippen LogP) is 3.64. The molecule has 2 N–H and O–H groups in total. The first-order chi connectivity index (χ1) is 14.0. The Kier molecular flexibility index (Phi) is 7.61. The number of methoxy groups -OCH3 is 1. The molecule has 0 aromatic heterocycles. The number of hydrogen-bond donors (Lipinski definition) is 2. The van der Waals surface area contributed by atoms with Gasteiger partial charge in [-0.25, -0.2) is 4.79 Å². The number of nitrogens with one attached hydrogen (secondary N) is 2. The molecule has 1 saturated carbocycles. The van der Waals surface area contributed by atoms with Crippen LogP contribution in [0.5, 0.6) is 11.5 Å². The Labute approximate surface area is 174 Å². The van der Waals surface area contributed by atoms with E-state index in [0.717, 1.165) is 45.6 Å². The lowest BCUT2D eigenvalue weighted by Gasteiger charge is -2.43. The number of ether oxygens (including phenoxy) is 3. The van der Waals surface area contributed by atoms with Crippen molar-refractivity contribution in [1.82, 2.24) is 10.2 Å². The van der Waals surface area contributed by atoms with Crippen LogP contribution in [0, 0.1) is 0 Å². The molecule has 0 bridgehead atoms. The van der Waals surface area contributed by atoms with Crippen molar-refractivity contribution >= 4 is 11.7 Å². The number of nitrogens with zero attached hydrogens (tertiary/aromatic N) is 1. The summed E-state index contributed by atoms with van der Waals surface area (Å²) in [4.78, 5) is 14.9. The van der Waals surface area contributed by atoms with E-state index >= 15 is 0 Å². The Morgan fingerprint density at radius 3 is 2.62 bits per heavy atom. The van der Waals surface area contributed by atoms with Crippen molar-refractivity contribution in [2.75, 3.05) is 45.3 Å². The van der Waals surface area contributed by atoms with E-state index in [1.165, 1.54) is 12.8 Å². The predicted molar refractivity (Wildman–Crippen MR) is 114 cm³/mol. The third-order valence-electron chi connectivity index (χ3n) is 6.18. The van der Waals surface area contributed by atoms with Crippen molar-refractivity contribution in [1.29, 1.82) is 0 Å². The molecular formula is C22H35N3O4. The zero-order valence-corrected chi connectivity index (χ0v) is 18.0. The lowest BCUT2D eigenvalue weighted by Crippen LogP contribution is -2.57. The summed E-state index contributed by atoms with van der Waals surface area (Å²) in [6.07, 6.45) is 5.72. The highest BCUT2D eigenvalue weighted by molar-refractivity contribution is 5.89. The fraction of sp³-hybridized carbons (Fsp3) is 0.682. The third-order valence-corrected chi connectivity index (χ3v) is 6.18. The van der Waals surface area contributed by atoms with E-state index in [0.29, 0.717) is 23.7 Å². The van der Waals surface area contributed by atoms with E-state index in [1.807, 2.05) is 18.2 Å². The minimum absolute atomic E-state index is 0.0855. The molecule has 162 valence electrons. The first-order valence-electron chi connectivity index (χ1n) is 10.8. The fourth-order valence-electron chi connectivity index (χ4n) is 4.04. The second-order valence-electron chi connectivity index (χ2n) is 8.15. The van der Waals surface area contributed by atoms with Gasteiger partial charge in [-0.05, 0) is 51.2 Å². The molecule has 2 amide bonds. The summed E-state index contributed by atoms with van der Waals surface area (Å²) in [6, 6.07) is 5.30. The molecule has 29 heavy (non-hydrogen) atoms. The van der Waals surface area contributed by atoms with E-state index in [1.54, 1.807) is 7.11 Å². The fourth-order valence-corrected chi connectivity index (χ4v) is 4.04. The summed E-state index contributed by atoms with van der Waals surface area (Å²) in [7, 11) is 1.63. The van der Waals surface area contributed by atoms with Gasteiger partial charge in [-0.3, -0.25) is 4.90 Å². The van der Waals surface area contributed by atoms with Crippen LogP contribution in [0.4, 0.5) is 10.5 Å². The summed E-state index contributed by atoms with van der Waals surface area (Å²) in [6.45, 7) is 8.22. The van der Waals surface area contributed by atoms with Crippen LogP contribution in [0.1, 0.15) is 46.0 Å². The van der Waals surface area contributed by atoms with Crippen LogP contribution >= 0.6 is 0 Å². The third kappa shape index (κ3) is 5.76. The van der Waals surface area contributed by atoms with Crippen LogP contribution < -0.4 is 20.1 Å². The molecule has 3 rings (SSSR count). The van der Waals surface area contributed by atoms with Crippen molar-refractivity contribution in [2.24, 2.45) is 0 Å². The van der Waals surface area contributed by atoms with Gasteiger partial charge < -0.3 is 24.8 Å². The average Bonchev–Trinajstić information content (AvgIpc) is 3.26. The molecule has 0 spiro atoms. The van der Waals surface area contributed by atoms with Gasteiger partial charge in [0.1, 0.15) is 0 Å². The number of carbonyl (C=O) groups excluding carboxylic acids is 1. The molecule has 0 radical (unpaired) electrons. The molecule has 7 nitrogen and oxygen atoms in total. The Bertz CT molecular complexity index is 672. The van der Waals surface area contributed by atoms with E-state index in [2.05, 4.69) is 29.4 Å². The van der Waals surface area contributed by atoms with Crippen LogP contribution in [-0.2, 0) is 4.74 Å². The number of hydrogen-bond acceptors (Lipinski definition) is 5. The molecule has 1 aromatic carbocycles. The standard InChI is InChI=1S/C22H35N3O4/c1-4-22(2,25-11-13-28-14-12-25)16-23-21(26)24-17-9-10-19(27-3)20(15-17)29-18-7-5-6-8-18/h9-10,15,18H,4-8,11-14,16H2,1-3H3,(H2,23,24,26). The van der Waals surface area contributed by atoms with Gasteiger partial charge in [0.15, 0.2) is 11.5 Å². The Morgan fingerprint density at radius 2 is 1.97 bits per heavy atom. The lowest BCUT2D eigenvalue weighted by atomic mass is 9.95. The monoisotopic (exact) mass is 405 g/mol. The first-order valence-corrected chi connectivity index (χ1v) is 10.8. The molecular weight excluding hydrogens is 370 g/mol. The molecule has 1 atom stereocenters. The van der Waals surface area contributed by atoms with Crippen LogP contribution in [0.2, 0.25) is 0 Å². The maximum atomic E-state index is 12.5. The van der Waals surface area contributed by atoms with Crippen molar-refractivity contribution < 1.29 is 19.0 Å². The maximum Gasteiger partial charge on any atom is 0.319 e. The van der Waals surface area contributed by atoms with Gasteiger partial charge in [-0.1, -0.05) is 6.92 Å². The lowest BCUT2D eigenvalue weighted by molar-refractivity contribution is -0.0163. The van der Waals surface area contributed by atoms with Crippen molar-refractivity contribution in [3.8, 4) is 11.5 Å². The zero-order valence-electron chi connectivity index (χ0n) is 18.0. The number of rotatable bonds is 8. The molecule has 2 aliphatic rings. The molecule has 1 aliphatic carbocycles. The number of carbonyl (C=O) groups is 1. The summed E-state index contributed by atoms with van der Waals surface area (Å²) < 4.78 is 17.0. The summed E-state index contributed by atoms with van der Waals surface area (Å²) in [5, 5.41) is 5.97. The van der Waals surface area contributed by atoms with Gasteiger partial charge >= 0.3 is 6.03 Å². The van der Waals surface area contributed by atoms with E-state index < -0.39 is 0 Å². The largest absolute Gasteiger partial charge is 0.493 e. The number of urea groups is 1. The highest BCUT2D eigenvalue weighted by atomic mass is 16.5. The molecule has 1 aliphatic heterocycles. The Morgan fingerprint density at radius 1 is 1.24 bits per heavy atom. The second kappa shape index (κ2) is 10.2. The van der Waals surface area contributed by atoms with Crippen molar-refractivity contribution in [3.63, 3.8) is 0 Å². The molecule has 2 fully saturated rings. The maximum absolute atomic E-state index is 12.5. The minimum atomic E-state index is -0.213. The highest BCUT2D eigenvalue weighted by Crippen LogP contribution is 2.34. The average molecular weight is 406 g/mol. The number of benzene rings is 1. The molecule has 1 unspecified atom stereocenters. The van der Waals surface area contributed by atoms with Crippen molar-refractivity contribution in [2.45, 2.75) is 57.6 Å².